The molecule has 6 heteroatoms. The van der Waals surface area contributed by atoms with E-state index in [1.165, 1.54) is 23.9 Å². The molecule has 0 saturated carbocycles. The highest BCUT2D eigenvalue weighted by atomic mass is 32.2. The second kappa shape index (κ2) is 7.01. The minimum Gasteiger partial charge on any atom is -0.365 e. The predicted octanol–water partition coefficient (Wildman–Crippen LogP) is 3.00. The first-order valence-corrected chi connectivity index (χ1v) is 9.55. The van der Waals surface area contributed by atoms with E-state index in [1.54, 1.807) is 18.2 Å². The number of allylic oxidation sites excluding steroid dienone is 1. The van der Waals surface area contributed by atoms with Gasteiger partial charge in [-0.15, -0.1) is 11.8 Å². The van der Waals surface area contributed by atoms with Crippen LogP contribution in [0.25, 0.3) is 0 Å². The average molecular weight is 322 g/mol. The van der Waals surface area contributed by atoms with Gasteiger partial charge in [-0.3, -0.25) is 0 Å². The van der Waals surface area contributed by atoms with E-state index in [2.05, 4.69) is 0 Å². The summed E-state index contributed by atoms with van der Waals surface area (Å²) in [6.45, 7) is 1.62. The minimum absolute atomic E-state index is 0.136. The molecular weight excluding hydrogens is 304 g/mol. The Morgan fingerprint density at radius 3 is 2.33 bits per heavy atom. The third-order valence-electron chi connectivity index (χ3n) is 3.45. The Hall–Kier alpha value is -1.45. The molecule has 1 heterocycles. The average Bonchev–Trinajstić information content (AvgIpc) is 2.54. The summed E-state index contributed by atoms with van der Waals surface area (Å²) in [6.07, 6.45) is 5.05. The number of likely N-dealkylation sites (tertiary alicyclic amines) is 1. The van der Waals surface area contributed by atoms with Crippen molar-refractivity contribution in [1.29, 1.82) is 5.26 Å². The third-order valence-corrected chi connectivity index (χ3v) is 6.15. The van der Waals surface area contributed by atoms with Gasteiger partial charge in [0.25, 0.3) is 0 Å². The Morgan fingerprint density at radius 2 is 1.81 bits per heavy atom. The topological polar surface area (TPSA) is 61.2 Å². The molecule has 0 radical (unpaired) electrons. The van der Waals surface area contributed by atoms with Gasteiger partial charge in [0.15, 0.2) is 4.91 Å². The summed E-state index contributed by atoms with van der Waals surface area (Å²) >= 11 is 1.33. The first kappa shape index (κ1) is 15.9. The summed E-state index contributed by atoms with van der Waals surface area (Å²) in [4.78, 5) is 2.06. The summed E-state index contributed by atoms with van der Waals surface area (Å²) < 4.78 is 25.4. The number of piperidine rings is 1. The van der Waals surface area contributed by atoms with E-state index in [0.29, 0.717) is 5.03 Å². The van der Waals surface area contributed by atoms with Crippen molar-refractivity contribution in [3.63, 3.8) is 0 Å². The molecule has 0 aliphatic carbocycles. The Labute approximate surface area is 130 Å². The van der Waals surface area contributed by atoms with E-state index in [-0.39, 0.29) is 9.80 Å². The van der Waals surface area contributed by atoms with Crippen LogP contribution in [0.15, 0.2) is 45.2 Å². The van der Waals surface area contributed by atoms with E-state index >= 15 is 0 Å². The van der Waals surface area contributed by atoms with Gasteiger partial charge in [-0.25, -0.2) is 8.42 Å². The SMILES string of the molecule is CS/C(=C(/C#N)S(=O)(=O)c1ccccc1)N1CCCCC1. The van der Waals surface area contributed by atoms with Gasteiger partial charge in [-0.2, -0.15) is 5.26 Å². The number of benzene rings is 1. The van der Waals surface area contributed by atoms with E-state index in [9.17, 15) is 13.7 Å². The van der Waals surface area contributed by atoms with Gasteiger partial charge in [0.05, 0.1) is 4.90 Å². The van der Waals surface area contributed by atoms with Crippen LogP contribution < -0.4 is 0 Å². The lowest BCUT2D eigenvalue weighted by atomic mass is 10.1. The maximum atomic E-state index is 12.7. The fourth-order valence-corrected chi connectivity index (χ4v) is 4.88. The van der Waals surface area contributed by atoms with Gasteiger partial charge in [-0.05, 0) is 37.7 Å². The summed E-state index contributed by atoms with van der Waals surface area (Å²) in [5.74, 6) is 0. The largest absolute Gasteiger partial charge is 0.365 e. The summed E-state index contributed by atoms with van der Waals surface area (Å²) in [6, 6.07) is 10.1. The Balaban J connectivity index is 2.50. The Morgan fingerprint density at radius 1 is 1.19 bits per heavy atom. The number of sulfone groups is 1. The molecule has 0 unspecified atom stereocenters. The Kier molecular flexibility index (Phi) is 5.32. The highest BCUT2D eigenvalue weighted by molar-refractivity contribution is 8.04. The van der Waals surface area contributed by atoms with Crippen molar-refractivity contribution < 1.29 is 8.42 Å². The lowest BCUT2D eigenvalue weighted by molar-refractivity contribution is 0.302. The van der Waals surface area contributed by atoms with Crippen LogP contribution in [-0.4, -0.2) is 32.7 Å². The molecule has 0 N–H and O–H groups in total. The number of hydrogen-bond donors (Lipinski definition) is 0. The van der Waals surface area contributed by atoms with Gasteiger partial charge >= 0.3 is 0 Å². The van der Waals surface area contributed by atoms with Crippen molar-refractivity contribution in [3.8, 4) is 6.07 Å². The van der Waals surface area contributed by atoms with Gasteiger partial charge in [0.2, 0.25) is 9.84 Å². The molecule has 0 spiro atoms. The molecule has 1 saturated heterocycles. The highest BCUT2D eigenvalue weighted by Crippen LogP contribution is 2.30. The van der Waals surface area contributed by atoms with E-state index in [4.69, 9.17) is 0 Å². The molecule has 1 aromatic rings. The molecule has 1 aliphatic rings. The van der Waals surface area contributed by atoms with Crippen LogP contribution in [-0.2, 0) is 9.84 Å². The molecule has 0 bridgehead atoms. The monoisotopic (exact) mass is 322 g/mol. The number of nitriles is 1. The first-order valence-electron chi connectivity index (χ1n) is 6.84. The fraction of sp³-hybridized carbons (Fsp3) is 0.400. The number of nitrogens with zero attached hydrogens (tertiary/aromatic N) is 2. The smallest absolute Gasteiger partial charge is 0.219 e. The molecule has 0 amide bonds. The molecule has 1 aliphatic heterocycles. The number of thioether (sulfide) groups is 1. The van der Waals surface area contributed by atoms with E-state index in [1.807, 2.05) is 17.2 Å². The molecular formula is C15H18N2O2S2. The van der Waals surface area contributed by atoms with Crippen molar-refractivity contribution in [2.45, 2.75) is 24.2 Å². The number of rotatable bonds is 4. The first-order chi connectivity index (χ1) is 10.1. The van der Waals surface area contributed by atoms with Crippen molar-refractivity contribution in [2.75, 3.05) is 19.3 Å². The van der Waals surface area contributed by atoms with Gasteiger partial charge in [-0.1, -0.05) is 18.2 Å². The zero-order chi connectivity index (χ0) is 15.3. The van der Waals surface area contributed by atoms with Crippen molar-refractivity contribution >= 4 is 21.6 Å². The standard InChI is InChI=1S/C15H18N2O2S2/c1-20-15(17-10-6-3-7-11-17)14(12-16)21(18,19)13-8-4-2-5-9-13/h2,4-5,8-9H,3,6-7,10-11H2,1H3/b15-14-. The molecule has 4 nitrogen and oxygen atoms in total. The molecule has 0 atom stereocenters. The van der Waals surface area contributed by atoms with Crippen molar-refractivity contribution in [1.82, 2.24) is 4.90 Å². The molecule has 2 rings (SSSR count). The van der Waals surface area contributed by atoms with Crippen LogP contribution in [0, 0.1) is 11.3 Å². The lowest BCUT2D eigenvalue weighted by Crippen LogP contribution is -2.29. The summed E-state index contributed by atoms with van der Waals surface area (Å²) in [5.41, 5.74) is 0. The summed E-state index contributed by atoms with van der Waals surface area (Å²) in [5, 5.41) is 10.00. The van der Waals surface area contributed by atoms with E-state index < -0.39 is 9.84 Å². The van der Waals surface area contributed by atoms with Crippen molar-refractivity contribution in [2.24, 2.45) is 0 Å². The van der Waals surface area contributed by atoms with Crippen LogP contribution in [0.3, 0.4) is 0 Å². The van der Waals surface area contributed by atoms with Gasteiger partial charge in [0, 0.05) is 13.1 Å². The molecule has 21 heavy (non-hydrogen) atoms. The maximum absolute atomic E-state index is 12.7. The van der Waals surface area contributed by atoms with Gasteiger partial charge < -0.3 is 4.90 Å². The highest BCUT2D eigenvalue weighted by Gasteiger charge is 2.27. The Bertz CT molecular complexity index is 655. The van der Waals surface area contributed by atoms with Crippen LogP contribution in [0.2, 0.25) is 0 Å². The molecule has 1 fully saturated rings. The summed E-state index contributed by atoms with van der Waals surface area (Å²) in [7, 11) is -3.76. The third kappa shape index (κ3) is 3.42. The minimum atomic E-state index is -3.76. The lowest BCUT2D eigenvalue weighted by Gasteiger charge is -2.30. The number of hydrogen-bond acceptors (Lipinski definition) is 5. The zero-order valence-electron chi connectivity index (χ0n) is 11.9. The van der Waals surface area contributed by atoms with Crippen LogP contribution in [0.5, 0.6) is 0 Å². The molecule has 1 aromatic carbocycles. The van der Waals surface area contributed by atoms with Crippen LogP contribution >= 0.6 is 11.8 Å². The second-order valence-electron chi connectivity index (χ2n) is 4.81. The van der Waals surface area contributed by atoms with Gasteiger partial charge in [0.1, 0.15) is 11.1 Å². The second-order valence-corrected chi connectivity index (χ2v) is 7.50. The normalized spacial score (nSPS) is 17.0. The van der Waals surface area contributed by atoms with E-state index in [0.717, 1.165) is 32.4 Å². The predicted molar refractivity (Wildman–Crippen MR) is 85.2 cm³/mol. The molecule has 112 valence electrons. The maximum Gasteiger partial charge on any atom is 0.219 e. The quantitative estimate of drug-likeness (QED) is 0.798. The van der Waals surface area contributed by atoms with Crippen LogP contribution in [0.1, 0.15) is 19.3 Å². The zero-order valence-corrected chi connectivity index (χ0v) is 13.6. The molecule has 0 aromatic heterocycles. The fourth-order valence-electron chi connectivity index (χ4n) is 2.40. The van der Waals surface area contributed by atoms with Crippen molar-refractivity contribution in [3.05, 3.63) is 40.3 Å². The van der Waals surface area contributed by atoms with Crippen LogP contribution in [0.4, 0.5) is 0 Å².